The summed E-state index contributed by atoms with van der Waals surface area (Å²) in [5.41, 5.74) is 2.06. The standard InChI is InChI=1S/C15H14ClNO3/c1-18-14-7-11(3-4-12(14)16)17-8-10-2-5-13-15(6-10)20-9-19-13/h2-7,17H,8-9H2,1H3. The highest BCUT2D eigenvalue weighted by atomic mass is 35.5. The van der Waals surface area contributed by atoms with E-state index in [-0.39, 0.29) is 0 Å². The van der Waals surface area contributed by atoms with E-state index in [1.807, 2.05) is 36.4 Å². The van der Waals surface area contributed by atoms with Crippen molar-refractivity contribution in [2.75, 3.05) is 19.2 Å². The lowest BCUT2D eigenvalue weighted by atomic mass is 10.2. The van der Waals surface area contributed by atoms with Crippen molar-refractivity contribution >= 4 is 17.3 Å². The second kappa shape index (κ2) is 5.51. The number of hydrogen-bond donors (Lipinski definition) is 1. The van der Waals surface area contributed by atoms with Crippen molar-refractivity contribution in [3.8, 4) is 17.2 Å². The Labute approximate surface area is 122 Å². The number of hydrogen-bond acceptors (Lipinski definition) is 4. The number of nitrogens with one attached hydrogen (secondary N) is 1. The van der Waals surface area contributed by atoms with Crippen LogP contribution < -0.4 is 19.5 Å². The van der Waals surface area contributed by atoms with Gasteiger partial charge in [-0.1, -0.05) is 17.7 Å². The first-order valence-corrected chi connectivity index (χ1v) is 6.60. The largest absolute Gasteiger partial charge is 0.495 e. The SMILES string of the molecule is COc1cc(NCc2ccc3c(c2)OCO3)ccc1Cl. The minimum absolute atomic E-state index is 0.292. The first kappa shape index (κ1) is 12.9. The van der Waals surface area contributed by atoms with Crippen LogP contribution in [-0.2, 0) is 6.54 Å². The van der Waals surface area contributed by atoms with Crippen molar-refractivity contribution in [1.82, 2.24) is 0 Å². The molecule has 1 heterocycles. The van der Waals surface area contributed by atoms with Gasteiger partial charge in [0, 0.05) is 18.3 Å². The molecule has 2 aromatic carbocycles. The maximum Gasteiger partial charge on any atom is 0.231 e. The molecule has 2 aromatic rings. The van der Waals surface area contributed by atoms with Gasteiger partial charge < -0.3 is 19.5 Å². The Balaban J connectivity index is 1.70. The number of benzene rings is 2. The lowest BCUT2D eigenvalue weighted by Crippen LogP contribution is -1.99. The topological polar surface area (TPSA) is 39.7 Å². The Bertz CT molecular complexity index is 620. The summed E-state index contributed by atoms with van der Waals surface area (Å²) in [7, 11) is 1.60. The summed E-state index contributed by atoms with van der Waals surface area (Å²) in [4.78, 5) is 0. The lowest BCUT2D eigenvalue weighted by molar-refractivity contribution is 0.174. The number of rotatable bonds is 4. The molecule has 0 aliphatic carbocycles. The Kier molecular flexibility index (Phi) is 3.56. The Morgan fingerprint density at radius 2 is 2.00 bits per heavy atom. The number of anilines is 1. The van der Waals surface area contributed by atoms with Crippen molar-refractivity contribution in [3.05, 3.63) is 47.0 Å². The molecule has 0 saturated heterocycles. The summed E-state index contributed by atoms with van der Waals surface area (Å²) in [6.45, 7) is 0.974. The third-order valence-electron chi connectivity index (χ3n) is 3.08. The minimum atomic E-state index is 0.292. The third kappa shape index (κ3) is 2.60. The van der Waals surface area contributed by atoms with Gasteiger partial charge in [-0.05, 0) is 29.8 Å². The summed E-state index contributed by atoms with van der Waals surface area (Å²) in [6.07, 6.45) is 0. The van der Waals surface area contributed by atoms with Gasteiger partial charge in [0.1, 0.15) is 5.75 Å². The van der Waals surface area contributed by atoms with E-state index in [2.05, 4.69) is 5.32 Å². The highest BCUT2D eigenvalue weighted by Crippen LogP contribution is 2.33. The Morgan fingerprint density at radius 1 is 1.15 bits per heavy atom. The molecule has 104 valence electrons. The molecule has 20 heavy (non-hydrogen) atoms. The molecule has 0 aromatic heterocycles. The normalized spacial score (nSPS) is 12.3. The molecular weight excluding hydrogens is 278 g/mol. The molecule has 0 amide bonds. The van der Waals surface area contributed by atoms with Crippen LogP contribution in [0.5, 0.6) is 17.2 Å². The van der Waals surface area contributed by atoms with Crippen LogP contribution in [0.25, 0.3) is 0 Å². The third-order valence-corrected chi connectivity index (χ3v) is 3.40. The maximum absolute atomic E-state index is 5.99. The van der Waals surface area contributed by atoms with Crippen molar-refractivity contribution in [2.24, 2.45) is 0 Å². The van der Waals surface area contributed by atoms with E-state index in [0.717, 1.165) is 22.7 Å². The molecule has 0 unspecified atom stereocenters. The van der Waals surface area contributed by atoms with Crippen LogP contribution in [0.3, 0.4) is 0 Å². The Morgan fingerprint density at radius 3 is 2.85 bits per heavy atom. The molecule has 0 atom stereocenters. The molecule has 4 nitrogen and oxygen atoms in total. The fourth-order valence-electron chi connectivity index (χ4n) is 2.02. The van der Waals surface area contributed by atoms with E-state index in [0.29, 0.717) is 24.1 Å². The molecule has 1 aliphatic rings. The molecular formula is C15H14ClNO3. The van der Waals surface area contributed by atoms with Crippen LogP contribution in [0.4, 0.5) is 5.69 Å². The van der Waals surface area contributed by atoms with Gasteiger partial charge in [0.2, 0.25) is 6.79 Å². The predicted octanol–water partition coefficient (Wildman–Crippen LogP) is 3.69. The number of methoxy groups -OCH3 is 1. The molecule has 0 radical (unpaired) electrons. The van der Waals surface area contributed by atoms with Crippen LogP contribution >= 0.6 is 11.6 Å². The van der Waals surface area contributed by atoms with E-state index in [1.54, 1.807) is 7.11 Å². The zero-order valence-corrected chi connectivity index (χ0v) is 11.7. The van der Waals surface area contributed by atoms with Gasteiger partial charge in [-0.3, -0.25) is 0 Å². The molecule has 0 saturated carbocycles. The highest BCUT2D eigenvalue weighted by Gasteiger charge is 2.13. The summed E-state index contributed by atoms with van der Waals surface area (Å²) < 4.78 is 15.8. The van der Waals surface area contributed by atoms with Crippen LogP contribution in [0, 0.1) is 0 Å². The van der Waals surface area contributed by atoms with Gasteiger partial charge in [-0.15, -0.1) is 0 Å². The summed E-state index contributed by atoms with van der Waals surface area (Å²) in [5, 5.41) is 3.92. The average Bonchev–Trinajstić information content (AvgIpc) is 2.94. The van der Waals surface area contributed by atoms with Gasteiger partial charge >= 0.3 is 0 Å². The van der Waals surface area contributed by atoms with Crippen LogP contribution in [0.2, 0.25) is 5.02 Å². The maximum atomic E-state index is 5.99. The number of ether oxygens (including phenoxy) is 3. The zero-order chi connectivity index (χ0) is 13.9. The molecule has 5 heteroatoms. The quantitative estimate of drug-likeness (QED) is 0.932. The molecule has 1 aliphatic heterocycles. The van der Waals surface area contributed by atoms with Crippen molar-refractivity contribution in [2.45, 2.75) is 6.54 Å². The second-order valence-electron chi connectivity index (χ2n) is 4.39. The monoisotopic (exact) mass is 291 g/mol. The van der Waals surface area contributed by atoms with E-state index < -0.39 is 0 Å². The van der Waals surface area contributed by atoms with Gasteiger partial charge in [-0.2, -0.15) is 0 Å². The van der Waals surface area contributed by atoms with Gasteiger partial charge in [0.15, 0.2) is 11.5 Å². The van der Waals surface area contributed by atoms with Crippen LogP contribution in [-0.4, -0.2) is 13.9 Å². The highest BCUT2D eigenvalue weighted by molar-refractivity contribution is 6.32. The zero-order valence-electron chi connectivity index (χ0n) is 11.0. The average molecular weight is 292 g/mol. The first-order chi connectivity index (χ1) is 9.76. The van der Waals surface area contributed by atoms with E-state index in [1.165, 1.54) is 0 Å². The fourth-order valence-corrected chi connectivity index (χ4v) is 2.22. The molecule has 0 spiro atoms. The predicted molar refractivity (Wildman–Crippen MR) is 77.9 cm³/mol. The minimum Gasteiger partial charge on any atom is -0.495 e. The summed E-state index contributed by atoms with van der Waals surface area (Å²) in [6, 6.07) is 11.5. The fraction of sp³-hybridized carbons (Fsp3) is 0.200. The van der Waals surface area contributed by atoms with E-state index in [9.17, 15) is 0 Å². The van der Waals surface area contributed by atoms with Crippen molar-refractivity contribution in [3.63, 3.8) is 0 Å². The first-order valence-electron chi connectivity index (χ1n) is 6.22. The lowest BCUT2D eigenvalue weighted by Gasteiger charge is -2.09. The van der Waals surface area contributed by atoms with Gasteiger partial charge in [-0.25, -0.2) is 0 Å². The van der Waals surface area contributed by atoms with E-state index >= 15 is 0 Å². The van der Waals surface area contributed by atoms with Crippen LogP contribution in [0.15, 0.2) is 36.4 Å². The van der Waals surface area contributed by atoms with E-state index in [4.69, 9.17) is 25.8 Å². The molecule has 0 fully saturated rings. The van der Waals surface area contributed by atoms with Crippen molar-refractivity contribution < 1.29 is 14.2 Å². The van der Waals surface area contributed by atoms with Crippen LogP contribution in [0.1, 0.15) is 5.56 Å². The van der Waals surface area contributed by atoms with Gasteiger partial charge in [0.05, 0.1) is 12.1 Å². The second-order valence-corrected chi connectivity index (χ2v) is 4.80. The molecule has 0 bridgehead atoms. The smallest absolute Gasteiger partial charge is 0.231 e. The summed E-state index contributed by atoms with van der Waals surface area (Å²) >= 11 is 5.99. The van der Waals surface area contributed by atoms with Gasteiger partial charge in [0.25, 0.3) is 0 Å². The summed E-state index contributed by atoms with van der Waals surface area (Å²) in [5.74, 6) is 2.24. The van der Waals surface area contributed by atoms with Crippen molar-refractivity contribution in [1.29, 1.82) is 0 Å². The number of fused-ring (bicyclic) bond motifs is 1. The molecule has 3 rings (SSSR count). The number of halogens is 1. The Hall–Kier alpha value is -2.07. The molecule has 1 N–H and O–H groups in total.